The van der Waals surface area contributed by atoms with Crippen molar-refractivity contribution in [2.45, 2.75) is 51.0 Å². The summed E-state index contributed by atoms with van der Waals surface area (Å²) >= 11 is 0. The van der Waals surface area contributed by atoms with Crippen LogP contribution in [0.5, 0.6) is 0 Å². The van der Waals surface area contributed by atoms with Crippen LogP contribution in [-0.2, 0) is 4.79 Å². The van der Waals surface area contributed by atoms with Crippen LogP contribution in [0.25, 0.3) is 5.65 Å². The Labute approximate surface area is 142 Å². The van der Waals surface area contributed by atoms with E-state index in [9.17, 15) is 4.79 Å². The maximum absolute atomic E-state index is 12.5. The third-order valence-corrected chi connectivity index (χ3v) is 5.34. The number of hydrogen-bond donors (Lipinski definition) is 1. The van der Waals surface area contributed by atoms with E-state index in [1.807, 2.05) is 23.2 Å². The minimum atomic E-state index is 0.286. The van der Waals surface area contributed by atoms with Gasteiger partial charge in [0.1, 0.15) is 5.82 Å². The molecule has 2 aromatic heterocycles. The molecule has 1 aliphatic heterocycles. The molecule has 0 spiro atoms. The molecule has 2 fully saturated rings. The summed E-state index contributed by atoms with van der Waals surface area (Å²) in [5, 5.41) is 7.96. The molecule has 1 N–H and O–H groups in total. The SMILES string of the molecule is O=C(CC1CCCCC1)N1CCC(Nc2ccc3nccn3n2)C1. The van der Waals surface area contributed by atoms with Crippen molar-refractivity contribution in [3.63, 3.8) is 0 Å². The van der Waals surface area contributed by atoms with E-state index in [1.54, 1.807) is 10.7 Å². The highest BCUT2D eigenvalue weighted by Crippen LogP contribution is 2.27. The Balaban J connectivity index is 1.31. The lowest BCUT2D eigenvalue weighted by atomic mass is 9.87. The Bertz CT molecular complexity index is 706. The fourth-order valence-electron chi connectivity index (χ4n) is 3.97. The summed E-state index contributed by atoms with van der Waals surface area (Å²) in [7, 11) is 0. The van der Waals surface area contributed by atoms with Gasteiger partial charge in [-0.15, -0.1) is 5.10 Å². The summed E-state index contributed by atoms with van der Waals surface area (Å²) in [6.07, 6.45) is 11.7. The summed E-state index contributed by atoms with van der Waals surface area (Å²) < 4.78 is 1.77. The number of hydrogen-bond acceptors (Lipinski definition) is 4. The lowest BCUT2D eigenvalue weighted by Crippen LogP contribution is -2.33. The van der Waals surface area contributed by atoms with Gasteiger partial charge in [0.05, 0.1) is 0 Å². The van der Waals surface area contributed by atoms with E-state index < -0.39 is 0 Å². The Morgan fingerprint density at radius 2 is 2.08 bits per heavy atom. The van der Waals surface area contributed by atoms with Crippen molar-refractivity contribution in [1.29, 1.82) is 0 Å². The summed E-state index contributed by atoms with van der Waals surface area (Å²) in [4.78, 5) is 18.8. The number of amides is 1. The largest absolute Gasteiger partial charge is 0.364 e. The van der Waals surface area contributed by atoms with Crippen molar-refractivity contribution in [3.05, 3.63) is 24.5 Å². The van der Waals surface area contributed by atoms with Crippen LogP contribution in [0.4, 0.5) is 5.82 Å². The van der Waals surface area contributed by atoms with Gasteiger partial charge in [-0.05, 0) is 37.3 Å². The molecule has 6 heteroatoms. The summed E-state index contributed by atoms with van der Waals surface area (Å²) in [6, 6.07) is 4.19. The van der Waals surface area contributed by atoms with Gasteiger partial charge in [0.15, 0.2) is 5.65 Å². The number of likely N-dealkylation sites (tertiary alicyclic amines) is 1. The van der Waals surface area contributed by atoms with Crippen molar-refractivity contribution in [1.82, 2.24) is 19.5 Å². The zero-order valence-electron chi connectivity index (χ0n) is 14.0. The van der Waals surface area contributed by atoms with E-state index >= 15 is 0 Å². The van der Waals surface area contributed by atoms with Crippen molar-refractivity contribution < 1.29 is 4.79 Å². The Kier molecular flexibility index (Phi) is 4.36. The lowest BCUT2D eigenvalue weighted by molar-refractivity contribution is -0.131. The van der Waals surface area contributed by atoms with Crippen molar-refractivity contribution >= 4 is 17.4 Å². The zero-order valence-corrected chi connectivity index (χ0v) is 14.0. The average molecular weight is 327 g/mol. The van der Waals surface area contributed by atoms with Crippen LogP contribution in [-0.4, -0.2) is 44.5 Å². The summed E-state index contributed by atoms with van der Waals surface area (Å²) in [5.74, 6) is 1.79. The van der Waals surface area contributed by atoms with E-state index in [0.29, 0.717) is 11.8 Å². The van der Waals surface area contributed by atoms with Crippen molar-refractivity contribution in [3.8, 4) is 0 Å². The zero-order chi connectivity index (χ0) is 16.4. The van der Waals surface area contributed by atoms with Gasteiger partial charge in [-0.2, -0.15) is 0 Å². The first kappa shape index (κ1) is 15.4. The third kappa shape index (κ3) is 3.37. The average Bonchev–Trinajstić information content (AvgIpc) is 3.24. The molecule has 1 atom stereocenters. The number of fused-ring (bicyclic) bond motifs is 1. The number of anilines is 1. The molecule has 1 aliphatic carbocycles. The highest BCUT2D eigenvalue weighted by atomic mass is 16.2. The van der Waals surface area contributed by atoms with Gasteiger partial charge in [0.2, 0.25) is 5.91 Å². The first-order valence-corrected chi connectivity index (χ1v) is 9.12. The van der Waals surface area contributed by atoms with Crippen molar-refractivity contribution in [2.24, 2.45) is 5.92 Å². The molecule has 1 amide bonds. The fraction of sp³-hybridized carbons (Fsp3) is 0.611. The van der Waals surface area contributed by atoms with Gasteiger partial charge in [-0.3, -0.25) is 4.79 Å². The van der Waals surface area contributed by atoms with Crippen LogP contribution >= 0.6 is 0 Å². The lowest BCUT2D eigenvalue weighted by Gasteiger charge is -2.24. The predicted octanol–water partition coefficient (Wildman–Crippen LogP) is 2.71. The van der Waals surface area contributed by atoms with E-state index in [4.69, 9.17) is 0 Å². The number of rotatable bonds is 4. The highest BCUT2D eigenvalue weighted by molar-refractivity contribution is 5.77. The second-order valence-corrected chi connectivity index (χ2v) is 7.13. The molecular weight excluding hydrogens is 302 g/mol. The molecule has 0 bridgehead atoms. The number of aromatic nitrogens is 3. The van der Waals surface area contributed by atoms with Crippen LogP contribution in [0.1, 0.15) is 44.9 Å². The number of carbonyl (C=O) groups is 1. The molecule has 2 aliphatic rings. The van der Waals surface area contributed by atoms with Gasteiger partial charge in [-0.25, -0.2) is 9.50 Å². The normalized spacial score (nSPS) is 22.2. The molecule has 0 aromatic carbocycles. The van der Waals surface area contributed by atoms with Crippen LogP contribution in [0.15, 0.2) is 24.5 Å². The number of nitrogens with zero attached hydrogens (tertiary/aromatic N) is 4. The number of imidazole rings is 1. The molecule has 3 heterocycles. The van der Waals surface area contributed by atoms with Crippen LogP contribution < -0.4 is 5.32 Å². The maximum atomic E-state index is 12.5. The summed E-state index contributed by atoms with van der Waals surface area (Å²) in [5.41, 5.74) is 0.844. The van der Waals surface area contributed by atoms with E-state index in [2.05, 4.69) is 15.4 Å². The van der Waals surface area contributed by atoms with Crippen LogP contribution in [0, 0.1) is 5.92 Å². The van der Waals surface area contributed by atoms with Crippen LogP contribution in [0.2, 0.25) is 0 Å². The molecule has 1 unspecified atom stereocenters. The standard InChI is InChI=1S/C18H25N5O/c24-18(12-14-4-2-1-3-5-14)22-10-8-15(13-22)20-16-6-7-17-19-9-11-23(17)21-16/h6-7,9,11,14-15H,1-5,8,10,12-13H2,(H,20,21). The molecule has 0 radical (unpaired) electrons. The topological polar surface area (TPSA) is 62.5 Å². The third-order valence-electron chi connectivity index (χ3n) is 5.34. The minimum absolute atomic E-state index is 0.286. The maximum Gasteiger partial charge on any atom is 0.222 e. The molecule has 4 rings (SSSR count). The first-order valence-electron chi connectivity index (χ1n) is 9.12. The van der Waals surface area contributed by atoms with Gasteiger partial charge in [-0.1, -0.05) is 19.3 Å². The van der Waals surface area contributed by atoms with Crippen molar-refractivity contribution in [2.75, 3.05) is 18.4 Å². The smallest absolute Gasteiger partial charge is 0.222 e. The molecule has 24 heavy (non-hydrogen) atoms. The molecule has 128 valence electrons. The molecule has 2 aromatic rings. The second kappa shape index (κ2) is 6.79. The molecule has 1 saturated carbocycles. The predicted molar refractivity (Wildman–Crippen MR) is 92.8 cm³/mol. The van der Waals surface area contributed by atoms with E-state index in [1.165, 1.54) is 32.1 Å². The molecule has 6 nitrogen and oxygen atoms in total. The number of nitrogens with one attached hydrogen (secondary N) is 1. The first-order chi connectivity index (χ1) is 11.8. The Morgan fingerprint density at radius 3 is 2.96 bits per heavy atom. The minimum Gasteiger partial charge on any atom is -0.364 e. The fourth-order valence-corrected chi connectivity index (χ4v) is 3.97. The van der Waals surface area contributed by atoms with Gasteiger partial charge in [0, 0.05) is 37.9 Å². The highest BCUT2D eigenvalue weighted by Gasteiger charge is 2.28. The Hall–Kier alpha value is -2.11. The van der Waals surface area contributed by atoms with E-state index in [0.717, 1.165) is 37.4 Å². The van der Waals surface area contributed by atoms with Crippen LogP contribution in [0.3, 0.4) is 0 Å². The second-order valence-electron chi connectivity index (χ2n) is 7.13. The summed E-state index contributed by atoms with van der Waals surface area (Å²) in [6.45, 7) is 1.64. The number of carbonyl (C=O) groups excluding carboxylic acids is 1. The quantitative estimate of drug-likeness (QED) is 0.938. The van der Waals surface area contributed by atoms with Gasteiger partial charge in [0.25, 0.3) is 0 Å². The van der Waals surface area contributed by atoms with Gasteiger partial charge >= 0.3 is 0 Å². The van der Waals surface area contributed by atoms with Gasteiger partial charge < -0.3 is 10.2 Å². The monoisotopic (exact) mass is 327 g/mol. The molecule has 1 saturated heterocycles. The van der Waals surface area contributed by atoms with E-state index in [-0.39, 0.29) is 6.04 Å². The molecular formula is C18H25N5O. The Morgan fingerprint density at radius 1 is 1.21 bits per heavy atom.